The van der Waals surface area contributed by atoms with E-state index in [9.17, 15) is 9.59 Å². The van der Waals surface area contributed by atoms with Gasteiger partial charge in [0.25, 0.3) is 0 Å². The van der Waals surface area contributed by atoms with Gasteiger partial charge >= 0.3 is 6.09 Å². The summed E-state index contributed by atoms with van der Waals surface area (Å²) in [4.78, 5) is 25.6. The van der Waals surface area contributed by atoms with E-state index in [1.807, 2.05) is 30.3 Å². The number of carbonyl (C=O) groups excluding carboxylic acids is 2. The molecule has 1 aliphatic heterocycles. The summed E-state index contributed by atoms with van der Waals surface area (Å²) >= 11 is 0. The van der Waals surface area contributed by atoms with Gasteiger partial charge < -0.3 is 10.1 Å². The molecule has 5 heteroatoms. The van der Waals surface area contributed by atoms with Crippen LogP contribution in [0.5, 0.6) is 0 Å². The van der Waals surface area contributed by atoms with Crippen molar-refractivity contribution < 1.29 is 14.3 Å². The number of amides is 2. The Morgan fingerprint density at radius 1 is 1.24 bits per heavy atom. The van der Waals surface area contributed by atoms with Gasteiger partial charge in [-0.15, -0.1) is 0 Å². The molecule has 2 amide bonds. The Balaban J connectivity index is 1.63. The zero-order valence-electron chi connectivity index (χ0n) is 12.0. The summed E-state index contributed by atoms with van der Waals surface area (Å²) in [6, 6.07) is 9.75. The maximum atomic E-state index is 12.3. The highest BCUT2D eigenvalue weighted by atomic mass is 16.6. The van der Waals surface area contributed by atoms with Crippen molar-refractivity contribution in [3.8, 4) is 0 Å². The SMILES string of the molecule is O=C1CN(C(=O)OCc2ccccc2)[C@H]2CCCC[C@@H]2N1. The summed E-state index contributed by atoms with van der Waals surface area (Å²) in [5, 5.41) is 2.99. The molecule has 1 N–H and O–H groups in total. The number of nitrogens with one attached hydrogen (secondary N) is 1. The van der Waals surface area contributed by atoms with Gasteiger partial charge in [-0.25, -0.2) is 4.79 Å². The second kappa shape index (κ2) is 6.16. The predicted octanol–water partition coefficient (Wildman–Crippen LogP) is 2.07. The Hall–Kier alpha value is -2.04. The number of benzene rings is 1. The highest BCUT2D eigenvalue weighted by Gasteiger charge is 2.39. The van der Waals surface area contributed by atoms with Crippen molar-refractivity contribution >= 4 is 12.0 Å². The molecule has 2 aliphatic rings. The van der Waals surface area contributed by atoms with Gasteiger partial charge in [-0.2, -0.15) is 0 Å². The minimum absolute atomic E-state index is 0.0831. The number of ether oxygens (including phenoxy) is 1. The third kappa shape index (κ3) is 3.17. The summed E-state index contributed by atoms with van der Waals surface area (Å²) < 4.78 is 5.37. The molecule has 2 atom stereocenters. The summed E-state index contributed by atoms with van der Waals surface area (Å²) in [6.45, 7) is 0.351. The van der Waals surface area contributed by atoms with Crippen LogP contribution in [-0.4, -0.2) is 35.5 Å². The molecule has 3 rings (SSSR count). The lowest BCUT2D eigenvalue weighted by Crippen LogP contribution is -2.62. The van der Waals surface area contributed by atoms with Crippen molar-refractivity contribution in [2.45, 2.75) is 44.4 Å². The van der Waals surface area contributed by atoms with Crippen molar-refractivity contribution in [2.24, 2.45) is 0 Å². The monoisotopic (exact) mass is 288 g/mol. The van der Waals surface area contributed by atoms with Gasteiger partial charge in [0.2, 0.25) is 5.91 Å². The Morgan fingerprint density at radius 2 is 2.00 bits per heavy atom. The smallest absolute Gasteiger partial charge is 0.410 e. The lowest BCUT2D eigenvalue weighted by atomic mass is 9.88. The number of nitrogens with zero attached hydrogens (tertiary/aromatic N) is 1. The standard InChI is InChI=1S/C16H20N2O3/c19-15-10-18(14-9-5-4-8-13(14)17-15)16(20)21-11-12-6-2-1-3-7-12/h1-3,6-7,13-14H,4-5,8-11H2,(H,17,19)/t13-,14-/m0/s1. The molecule has 1 saturated heterocycles. The molecule has 112 valence electrons. The van der Waals surface area contributed by atoms with Crippen LogP contribution in [0.3, 0.4) is 0 Å². The zero-order chi connectivity index (χ0) is 14.7. The van der Waals surface area contributed by atoms with Gasteiger partial charge in [0, 0.05) is 6.04 Å². The molecule has 21 heavy (non-hydrogen) atoms. The summed E-state index contributed by atoms with van der Waals surface area (Å²) in [6.07, 6.45) is 3.70. The molecular weight excluding hydrogens is 268 g/mol. The van der Waals surface area contributed by atoms with Gasteiger partial charge in [0.1, 0.15) is 13.2 Å². The van der Waals surface area contributed by atoms with Crippen molar-refractivity contribution in [3.05, 3.63) is 35.9 Å². The van der Waals surface area contributed by atoms with E-state index in [0.29, 0.717) is 0 Å². The number of hydrogen-bond acceptors (Lipinski definition) is 3. The highest BCUT2D eigenvalue weighted by Crippen LogP contribution is 2.26. The minimum atomic E-state index is -0.384. The predicted molar refractivity (Wildman–Crippen MR) is 77.5 cm³/mol. The van der Waals surface area contributed by atoms with Gasteiger partial charge in [0.15, 0.2) is 0 Å². The fraction of sp³-hybridized carbons (Fsp3) is 0.500. The van der Waals surface area contributed by atoms with Crippen LogP contribution in [-0.2, 0) is 16.1 Å². The Kier molecular flexibility index (Phi) is 4.08. The zero-order valence-corrected chi connectivity index (χ0v) is 12.0. The van der Waals surface area contributed by atoms with E-state index in [2.05, 4.69) is 5.32 Å². The van der Waals surface area contributed by atoms with E-state index < -0.39 is 0 Å². The third-order valence-corrected chi connectivity index (χ3v) is 4.23. The quantitative estimate of drug-likeness (QED) is 0.906. The Labute approximate surface area is 124 Å². The second-order valence-electron chi connectivity index (χ2n) is 5.69. The van der Waals surface area contributed by atoms with E-state index in [1.165, 1.54) is 0 Å². The van der Waals surface area contributed by atoms with Crippen LogP contribution in [0.2, 0.25) is 0 Å². The average molecular weight is 288 g/mol. The van der Waals surface area contributed by atoms with Crippen LogP contribution in [0, 0.1) is 0 Å². The maximum absolute atomic E-state index is 12.3. The van der Waals surface area contributed by atoms with Crippen LogP contribution in [0.25, 0.3) is 0 Å². The van der Waals surface area contributed by atoms with Crippen LogP contribution in [0.1, 0.15) is 31.2 Å². The van der Waals surface area contributed by atoms with Crippen molar-refractivity contribution in [1.29, 1.82) is 0 Å². The van der Waals surface area contributed by atoms with Crippen molar-refractivity contribution in [2.75, 3.05) is 6.54 Å². The number of carbonyl (C=O) groups is 2. The molecule has 0 radical (unpaired) electrons. The fourth-order valence-electron chi connectivity index (χ4n) is 3.18. The number of rotatable bonds is 2. The van der Waals surface area contributed by atoms with E-state index in [-0.39, 0.29) is 37.2 Å². The van der Waals surface area contributed by atoms with Crippen LogP contribution >= 0.6 is 0 Å². The molecule has 0 aromatic heterocycles. The number of fused-ring (bicyclic) bond motifs is 1. The van der Waals surface area contributed by atoms with E-state index in [4.69, 9.17) is 4.74 Å². The van der Waals surface area contributed by atoms with Crippen molar-refractivity contribution in [1.82, 2.24) is 10.2 Å². The van der Waals surface area contributed by atoms with E-state index >= 15 is 0 Å². The van der Waals surface area contributed by atoms with Gasteiger partial charge in [0.05, 0.1) is 6.04 Å². The first kappa shape index (κ1) is 13.9. The van der Waals surface area contributed by atoms with Crippen LogP contribution in [0.4, 0.5) is 4.79 Å². The molecule has 1 aromatic carbocycles. The van der Waals surface area contributed by atoms with Gasteiger partial charge in [-0.05, 0) is 18.4 Å². The first-order valence-electron chi connectivity index (χ1n) is 7.51. The highest BCUT2D eigenvalue weighted by molar-refractivity contribution is 5.84. The molecule has 1 saturated carbocycles. The molecule has 1 heterocycles. The molecular formula is C16H20N2O3. The Bertz CT molecular complexity index is 518. The lowest BCUT2D eigenvalue weighted by Gasteiger charge is -2.43. The maximum Gasteiger partial charge on any atom is 0.410 e. The first-order valence-corrected chi connectivity index (χ1v) is 7.51. The average Bonchev–Trinajstić information content (AvgIpc) is 2.52. The molecule has 5 nitrogen and oxygen atoms in total. The van der Waals surface area contributed by atoms with Crippen LogP contribution < -0.4 is 5.32 Å². The Morgan fingerprint density at radius 3 is 2.81 bits per heavy atom. The number of piperazine rings is 1. The second-order valence-corrected chi connectivity index (χ2v) is 5.69. The topological polar surface area (TPSA) is 58.6 Å². The number of hydrogen-bond donors (Lipinski definition) is 1. The van der Waals surface area contributed by atoms with Gasteiger partial charge in [-0.3, -0.25) is 9.69 Å². The molecule has 0 bridgehead atoms. The fourth-order valence-corrected chi connectivity index (χ4v) is 3.18. The van der Waals surface area contributed by atoms with Gasteiger partial charge in [-0.1, -0.05) is 43.2 Å². The lowest BCUT2D eigenvalue weighted by molar-refractivity contribution is -0.127. The van der Waals surface area contributed by atoms with Crippen LogP contribution in [0.15, 0.2) is 30.3 Å². The van der Waals surface area contributed by atoms with Crippen molar-refractivity contribution in [3.63, 3.8) is 0 Å². The van der Waals surface area contributed by atoms with E-state index in [0.717, 1.165) is 31.2 Å². The molecule has 2 fully saturated rings. The third-order valence-electron chi connectivity index (χ3n) is 4.23. The molecule has 0 spiro atoms. The summed E-state index contributed by atoms with van der Waals surface area (Å²) in [5.41, 5.74) is 0.951. The first-order chi connectivity index (χ1) is 10.2. The summed E-state index contributed by atoms with van der Waals surface area (Å²) in [7, 11) is 0. The largest absolute Gasteiger partial charge is 0.445 e. The molecule has 1 aliphatic carbocycles. The molecule has 1 aromatic rings. The minimum Gasteiger partial charge on any atom is -0.445 e. The van der Waals surface area contributed by atoms with E-state index in [1.54, 1.807) is 4.90 Å². The molecule has 0 unspecified atom stereocenters. The normalized spacial score (nSPS) is 25.0. The summed E-state index contributed by atoms with van der Waals surface area (Å²) in [5.74, 6) is -0.0881.